The molecule has 2 N–H and O–H groups in total. The van der Waals surface area contributed by atoms with E-state index in [0.717, 1.165) is 6.42 Å². The van der Waals surface area contributed by atoms with Gasteiger partial charge >= 0.3 is 0 Å². The van der Waals surface area contributed by atoms with Gasteiger partial charge in [0.1, 0.15) is 0 Å². The van der Waals surface area contributed by atoms with E-state index in [-0.39, 0.29) is 5.91 Å². The van der Waals surface area contributed by atoms with Gasteiger partial charge < -0.3 is 0 Å². The minimum absolute atomic E-state index is 0.0659. The normalized spacial score (nSPS) is 10.0. The van der Waals surface area contributed by atoms with Gasteiger partial charge in [-0.1, -0.05) is 13.8 Å². The van der Waals surface area contributed by atoms with Crippen LogP contribution in [0.2, 0.25) is 0 Å². The molecule has 0 rings (SSSR count). The lowest BCUT2D eigenvalue weighted by atomic mass is 10.1. The molecule has 0 radical (unpaired) electrons. The maximum atomic E-state index is 10.8. The van der Waals surface area contributed by atoms with Crippen LogP contribution in [0.4, 0.5) is 0 Å². The van der Waals surface area contributed by atoms with E-state index >= 15 is 0 Å². The van der Waals surface area contributed by atoms with E-state index in [1.54, 1.807) is 7.05 Å². The third kappa shape index (κ3) is 5.56. The van der Waals surface area contributed by atoms with Crippen molar-refractivity contribution in [1.29, 1.82) is 0 Å². The van der Waals surface area contributed by atoms with Crippen molar-refractivity contribution >= 4 is 5.91 Å². The van der Waals surface area contributed by atoms with Gasteiger partial charge in [-0.25, -0.2) is 5.43 Å². The van der Waals surface area contributed by atoms with Crippen molar-refractivity contribution in [1.82, 2.24) is 10.9 Å². The van der Waals surface area contributed by atoms with Crippen LogP contribution in [-0.2, 0) is 4.79 Å². The average Bonchev–Trinajstić information content (AvgIpc) is 1.85. The van der Waals surface area contributed by atoms with E-state index in [9.17, 15) is 4.79 Å². The summed E-state index contributed by atoms with van der Waals surface area (Å²) in [7, 11) is 1.69. The Morgan fingerprint density at radius 3 is 2.50 bits per heavy atom. The molecular weight excluding hydrogens is 128 g/mol. The molecule has 1 amide bonds. The number of hydrogen-bond acceptors (Lipinski definition) is 2. The molecule has 0 unspecified atom stereocenters. The highest BCUT2D eigenvalue weighted by Gasteiger charge is 2.00. The highest BCUT2D eigenvalue weighted by Crippen LogP contribution is 2.01. The van der Waals surface area contributed by atoms with Gasteiger partial charge in [-0.3, -0.25) is 10.2 Å². The second kappa shape index (κ2) is 5.23. The fraction of sp³-hybridized carbons (Fsp3) is 0.857. The molecule has 0 aliphatic rings. The van der Waals surface area contributed by atoms with Gasteiger partial charge in [0.2, 0.25) is 5.91 Å². The van der Waals surface area contributed by atoms with Gasteiger partial charge in [0, 0.05) is 13.5 Å². The van der Waals surface area contributed by atoms with Crippen LogP contribution >= 0.6 is 0 Å². The van der Waals surface area contributed by atoms with Crippen molar-refractivity contribution in [2.45, 2.75) is 26.7 Å². The first-order valence-electron chi connectivity index (χ1n) is 3.62. The molecular formula is C7H16N2O. The molecule has 0 heterocycles. The number of hydrogen-bond donors (Lipinski definition) is 2. The number of amides is 1. The number of hydrazine groups is 1. The summed E-state index contributed by atoms with van der Waals surface area (Å²) in [6.07, 6.45) is 1.56. The van der Waals surface area contributed by atoms with Gasteiger partial charge in [0.05, 0.1) is 0 Å². The first kappa shape index (κ1) is 9.43. The van der Waals surface area contributed by atoms with Crippen LogP contribution in [0.5, 0.6) is 0 Å². The number of nitrogens with one attached hydrogen (secondary N) is 2. The lowest BCUT2D eigenvalue weighted by Crippen LogP contribution is -2.34. The minimum atomic E-state index is 0.0659. The number of carbonyl (C=O) groups is 1. The molecule has 0 bridgehead atoms. The Labute approximate surface area is 62.2 Å². The van der Waals surface area contributed by atoms with Crippen molar-refractivity contribution in [2.75, 3.05) is 7.05 Å². The summed E-state index contributed by atoms with van der Waals surface area (Å²) in [5, 5.41) is 0. The topological polar surface area (TPSA) is 41.1 Å². The van der Waals surface area contributed by atoms with Gasteiger partial charge in [0.15, 0.2) is 0 Å². The van der Waals surface area contributed by atoms with E-state index in [1.807, 2.05) is 0 Å². The lowest BCUT2D eigenvalue weighted by Gasteiger charge is -2.04. The second-order valence-electron chi connectivity index (χ2n) is 2.73. The van der Waals surface area contributed by atoms with E-state index in [2.05, 4.69) is 24.7 Å². The SMILES string of the molecule is CNNC(=O)CCC(C)C. The van der Waals surface area contributed by atoms with Crippen LogP contribution in [0.1, 0.15) is 26.7 Å². The summed E-state index contributed by atoms with van der Waals surface area (Å²) in [6.45, 7) is 4.21. The van der Waals surface area contributed by atoms with Crippen molar-refractivity contribution in [3.05, 3.63) is 0 Å². The maximum absolute atomic E-state index is 10.8. The van der Waals surface area contributed by atoms with E-state index in [1.165, 1.54) is 0 Å². The van der Waals surface area contributed by atoms with Gasteiger partial charge in [-0.05, 0) is 12.3 Å². The number of carbonyl (C=O) groups excluding carboxylic acids is 1. The fourth-order valence-electron chi connectivity index (χ4n) is 0.622. The molecule has 0 atom stereocenters. The molecule has 0 aliphatic heterocycles. The molecule has 0 aromatic carbocycles. The average molecular weight is 144 g/mol. The fourth-order valence-corrected chi connectivity index (χ4v) is 0.622. The standard InChI is InChI=1S/C7H16N2O/c1-6(2)4-5-7(10)9-8-3/h6,8H,4-5H2,1-3H3,(H,9,10). The Hall–Kier alpha value is -0.570. The Kier molecular flexibility index (Phi) is 4.94. The Morgan fingerprint density at radius 1 is 1.50 bits per heavy atom. The molecule has 0 aliphatic carbocycles. The summed E-state index contributed by atoms with van der Waals surface area (Å²) in [4.78, 5) is 10.8. The first-order valence-corrected chi connectivity index (χ1v) is 3.62. The molecule has 0 saturated carbocycles. The highest BCUT2D eigenvalue weighted by atomic mass is 16.2. The molecule has 0 spiro atoms. The van der Waals surface area contributed by atoms with Gasteiger partial charge in [-0.15, -0.1) is 0 Å². The zero-order chi connectivity index (χ0) is 7.98. The molecule has 10 heavy (non-hydrogen) atoms. The largest absolute Gasteiger partial charge is 0.292 e. The number of rotatable bonds is 4. The summed E-state index contributed by atoms with van der Waals surface area (Å²) in [5.74, 6) is 0.666. The minimum Gasteiger partial charge on any atom is -0.292 e. The second-order valence-corrected chi connectivity index (χ2v) is 2.73. The maximum Gasteiger partial charge on any atom is 0.234 e. The Morgan fingerprint density at radius 2 is 2.10 bits per heavy atom. The van der Waals surface area contributed by atoms with Crippen LogP contribution in [0, 0.1) is 5.92 Å². The zero-order valence-corrected chi connectivity index (χ0v) is 6.90. The van der Waals surface area contributed by atoms with Gasteiger partial charge in [-0.2, -0.15) is 0 Å². The molecule has 0 fully saturated rings. The molecule has 0 saturated heterocycles. The Bertz CT molecular complexity index is 102. The molecule has 3 heteroatoms. The van der Waals surface area contributed by atoms with Crippen molar-refractivity contribution in [2.24, 2.45) is 5.92 Å². The predicted octanol–water partition coefficient (Wildman–Crippen LogP) is 0.673. The van der Waals surface area contributed by atoms with Crippen LogP contribution in [-0.4, -0.2) is 13.0 Å². The van der Waals surface area contributed by atoms with Crippen LogP contribution in [0.3, 0.4) is 0 Å². The smallest absolute Gasteiger partial charge is 0.234 e. The van der Waals surface area contributed by atoms with E-state index in [4.69, 9.17) is 0 Å². The monoisotopic (exact) mass is 144 g/mol. The lowest BCUT2D eigenvalue weighted by molar-refractivity contribution is -0.122. The van der Waals surface area contributed by atoms with E-state index in [0.29, 0.717) is 12.3 Å². The van der Waals surface area contributed by atoms with Crippen LogP contribution < -0.4 is 10.9 Å². The molecule has 0 aromatic rings. The van der Waals surface area contributed by atoms with Gasteiger partial charge in [0.25, 0.3) is 0 Å². The quantitative estimate of drug-likeness (QED) is 0.569. The summed E-state index contributed by atoms with van der Waals surface area (Å²) in [6, 6.07) is 0. The molecule has 0 aromatic heterocycles. The van der Waals surface area contributed by atoms with Crippen LogP contribution in [0.25, 0.3) is 0 Å². The summed E-state index contributed by atoms with van der Waals surface area (Å²) >= 11 is 0. The highest BCUT2D eigenvalue weighted by molar-refractivity contribution is 5.75. The summed E-state index contributed by atoms with van der Waals surface area (Å²) < 4.78 is 0. The zero-order valence-electron chi connectivity index (χ0n) is 6.90. The van der Waals surface area contributed by atoms with Crippen molar-refractivity contribution in [3.8, 4) is 0 Å². The third-order valence-corrected chi connectivity index (χ3v) is 1.21. The molecule has 3 nitrogen and oxygen atoms in total. The Balaban J connectivity index is 3.22. The predicted molar refractivity (Wildman–Crippen MR) is 41.3 cm³/mol. The summed E-state index contributed by atoms with van der Waals surface area (Å²) in [5.41, 5.74) is 5.10. The van der Waals surface area contributed by atoms with Crippen LogP contribution in [0.15, 0.2) is 0 Å². The molecule has 60 valence electrons. The third-order valence-electron chi connectivity index (χ3n) is 1.21. The van der Waals surface area contributed by atoms with Crippen molar-refractivity contribution < 1.29 is 4.79 Å². The van der Waals surface area contributed by atoms with E-state index < -0.39 is 0 Å². The first-order chi connectivity index (χ1) is 4.66. The van der Waals surface area contributed by atoms with Crippen molar-refractivity contribution in [3.63, 3.8) is 0 Å².